The lowest BCUT2D eigenvalue weighted by molar-refractivity contribution is -0.180. The van der Waals surface area contributed by atoms with Gasteiger partial charge in [-0.1, -0.05) is 0 Å². The Labute approximate surface area is 113 Å². The van der Waals surface area contributed by atoms with Gasteiger partial charge in [-0.3, -0.25) is 4.98 Å². The Bertz CT molecular complexity index is 408. The summed E-state index contributed by atoms with van der Waals surface area (Å²) >= 11 is 5.76. The van der Waals surface area contributed by atoms with Crippen molar-refractivity contribution < 1.29 is 9.47 Å². The molecule has 5 heteroatoms. The fourth-order valence-electron chi connectivity index (χ4n) is 1.81. The molecule has 0 amide bonds. The fraction of sp³-hybridized carbons (Fsp3) is 0.583. The van der Waals surface area contributed by atoms with Crippen LogP contribution in [0, 0.1) is 6.92 Å². The summed E-state index contributed by atoms with van der Waals surface area (Å²) in [7, 11) is 0. The van der Waals surface area contributed by atoms with Crippen LogP contribution in [-0.2, 0) is 17.8 Å². The van der Waals surface area contributed by atoms with Crippen molar-refractivity contribution in [2.45, 2.75) is 39.6 Å². The van der Waals surface area contributed by atoms with E-state index in [1.54, 1.807) is 0 Å². The quantitative estimate of drug-likeness (QED) is 0.778. The molecule has 0 fully saturated rings. The molecule has 2 rings (SSSR count). The fourth-order valence-corrected chi connectivity index (χ4v) is 2.01. The number of nitrogens with zero attached hydrogens (tertiary/aromatic N) is 1. The Morgan fingerprint density at radius 2 is 2.18 bits per heavy atom. The van der Waals surface area contributed by atoms with Gasteiger partial charge < -0.3 is 9.47 Å². The molecule has 0 unspecified atom stereocenters. The van der Waals surface area contributed by atoms with Crippen LogP contribution in [0.15, 0.2) is 6.20 Å². The van der Waals surface area contributed by atoms with Gasteiger partial charge in [0.15, 0.2) is 0 Å². The van der Waals surface area contributed by atoms with E-state index in [4.69, 9.17) is 21.1 Å². The second-order valence-electron chi connectivity index (χ2n) is 4.41. The third-order valence-electron chi connectivity index (χ3n) is 2.68. The third kappa shape index (κ3) is 3.03. The standard InChI is InChI=1S/C12H16ClNO2.ClH/c1-8-11-10(7-15-12(2,3)16-11)9(4-5-13)6-14-8;/h6H,4-5,7H2,1-3H3;1H. The van der Waals surface area contributed by atoms with Gasteiger partial charge in [0.05, 0.1) is 12.3 Å². The highest BCUT2D eigenvalue weighted by Gasteiger charge is 2.30. The number of halogens is 2. The van der Waals surface area contributed by atoms with E-state index >= 15 is 0 Å². The third-order valence-corrected chi connectivity index (χ3v) is 2.87. The lowest BCUT2D eigenvalue weighted by Gasteiger charge is -2.34. The average molecular weight is 278 g/mol. The molecule has 0 aliphatic carbocycles. The topological polar surface area (TPSA) is 31.4 Å². The molecule has 1 aromatic heterocycles. The van der Waals surface area contributed by atoms with Gasteiger partial charge in [0.25, 0.3) is 0 Å². The van der Waals surface area contributed by atoms with Crippen LogP contribution in [0.1, 0.15) is 30.7 Å². The highest BCUT2D eigenvalue weighted by molar-refractivity contribution is 6.18. The molecule has 1 aromatic rings. The average Bonchev–Trinajstić information content (AvgIpc) is 2.22. The second-order valence-corrected chi connectivity index (χ2v) is 4.78. The van der Waals surface area contributed by atoms with Gasteiger partial charge in [-0.25, -0.2) is 0 Å². The summed E-state index contributed by atoms with van der Waals surface area (Å²) < 4.78 is 11.4. The summed E-state index contributed by atoms with van der Waals surface area (Å²) in [6.07, 6.45) is 2.66. The first-order chi connectivity index (χ1) is 7.53. The van der Waals surface area contributed by atoms with Gasteiger partial charge >= 0.3 is 0 Å². The summed E-state index contributed by atoms with van der Waals surface area (Å²) in [5.41, 5.74) is 3.11. The van der Waals surface area contributed by atoms with Crippen molar-refractivity contribution in [3.05, 3.63) is 23.0 Å². The molecule has 0 bridgehead atoms. The Kier molecular flexibility index (Phi) is 4.64. The second kappa shape index (κ2) is 5.42. The monoisotopic (exact) mass is 277 g/mol. The molecule has 0 radical (unpaired) electrons. The number of hydrogen-bond donors (Lipinski definition) is 0. The van der Waals surface area contributed by atoms with E-state index in [1.807, 2.05) is 27.0 Å². The predicted octanol–water partition coefficient (Wildman–Crippen LogP) is 3.24. The van der Waals surface area contributed by atoms with Crippen LogP contribution in [0.4, 0.5) is 0 Å². The summed E-state index contributed by atoms with van der Waals surface area (Å²) in [4.78, 5) is 4.34. The first-order valence-corrected chi connectivity index (χ1v) is 5.93. The maximum Gasteiger partial charge on any atom is 0.205 e. The summed E-state index contributed by atoms with van der Waals surface area (Å²) in [6, 6.07) is 0. The zero-order valence-electron chi connectivity index (χ0n) is 10.2. The van der Waals surface area contributed by atoms with E-state index in [0.29, 0.717) is 12.5 Å². The lowest BCUT2D eigenvalue weighted by Crippen LogP contribution is -2.36. The molecule has 0 aromatic carbocycles. The number of aromatic nitrogens is 1. The number of hydrogen-bond acceptors (Lipinski definition) is 3. The van der Waals surface area contributed by atoms with Crippen molar-refractivity contribution in [1.82, 2.24) is 4.98 Å². The number of pyridine rings is 1. The first-order valence-electron chi connectivity index (χ1n) is 5.40. The van der Waals surface area contributed by atoms with E-state index in [0.717, 1.165) is 29.0 Å². The van der Waals surface area contributed by atoms with E-state index in [9.17, 15) is 0 Å². The SMILES string of the molecule is Cc1ncc(CCCl)c2c1OC(C)(C)OC2.Cl. The van der Waals surface area contributed by atoms with Crippen LogP contribution >= 0.6 is 24.0 Å². The molecule has 0 N–H and O–H groups in total. The molecule has 3 nitrogen and oxygen atoms in total. The molecule has 0 saturated carbocycles. The molecule has 0 atom stereocenters. The van der Waals surface area contributed by atoms with Crippen molar-refractivity contribution in [2.24, 2.45) is 0 Å². The van der Waals surface area contributed by atoms with E-state index in [2.05, 4.69) is 4.98 Å². The van der Waals surface area contributed by atoms with Crippen LogP contribution in [-0.4, -0.2) is 16.7 Å². The minimum absolute atomic E-state index is 0. The van der Waals surface area contributed by atoms with Crippen molar-refractivity contribution in [2.75, 3.05) is 5.88 Å². The molecular formula is C12H17Cl2NO2. The van der Waals surface area contributed by atoms with Crippen LogP contribution in [0.3, 0.4) is 0 Å². The number of ether oxygens (including phenoxy) is 2. The molecule has 2 heterocycles. The summed E-state index contributed by atoms with van der Waals surface area (Å²) in [5.74, 6) is 0.874. The zero-order chi connectivity index (χ0) is 11.8. The number of rotatable bonds is 2. The minimum Gasteiger partial charge on any atom is -0.461 e. The Balaban J connectivity index is 0.00000144. The predicted molar refractivity (Wildman–Crippen MR) is 70.1 cm³/mol. The van der Waals surface area contributed by atoms with Gasteiger partial charge in [-0.2, -0.15) is 0 Å². The van der Waals surface area contributed by atoms with Gasteiger partial charge in [0.2, 0.25) is 5.79 Å². The van der Waals surface area contributed by atoms with Crippen LogP contribution in [0.25, 0.3) is 0 Å². The Morgan fingerprint density at radius 3 is 2.82 bits per heavy atom. The maximum atomic E-state index is 5.81. The van der Waals surface area contributed by atoms with Crippen molar-refractivity contribution in [3.8, 4) is 5.75 Å². The van der Waals surface area contributed by atoms with E-state index < -0.39 is 5.79 Å². The summed E-state index contributed by atoms with van der Waals surface area (Å²) in [6.45, 7) is 6.33. The largest absolute Gasteiger partial charge is 0.461 e. The molecule has 0 saturated heterocycles. The van der Waals surface area contributed by atoms with Crippen LogP contribution in [0.2, 0.25) is 0 Å². The normalized spacial score (nSPS) is 16.7. The molecule has 1 aliphatic rings. The minimum atomic E-state index is -0.570. The van der Waals surface area contributed by atoms with Gasteiger partial charge in [-0.15, -0.1) is 24.0 Å². The molecule has 0 spiro atoms. The Hall–Kier alpha value is -0.510. The highest BCUT2D eigenvalue weighted by Crippen LogP contribution is 2.35. The lowest BCUT2D eigenvalue weighted by atomic mass is 10.0. The Morgan fingerprint density at radius 1 is 1.47 bits per heavy atom. The molecule has 1 aliphatic heterocycles. The number of aryl methyl sites for hydroxylation is 2. The number of fused-ring (bicyclic) bond motifs is 1. The van der Waals surface area contributed by atoms with Gasteiger partial charge in [-0.05, 0) is 18.9 Å². The van der Waals surface area contributed by atoms with Crippen molar-refractivity contribution in [1.29, 1.82) is 0 Å². The number of alkyl halides is 1. The zero-order valence-corrected chi connectivity index (χ0v) is 11.8. The highest BCUT2D eigenvalue weighted by atomic mass is 35.5. The van der Waals surface area contributed by atoms with Gasteiger partial charge in [0.1, 0.15) is 5.75 Å². The van der Waals surface area contributed by atoms with Crippen LogP contribution < -0.4 is 4.74 Å². The van der Waals surface area contributed by atoms with E-state index in [1.165, 1.54) is 0 Å². The first kappa shape index (κ1) is 14.6. The molecule has 96 valence electrons. The van der Waals surface area contributed by atoms with Crippen molar-refractivity contribution in [3.63, 3.8) is 0 Å². The van der Waals surface area contributed by atoms with Gasteiger partial charge in [0, 0.05) is 31.5 Å². The smallest absolute Gasteiger partial charge is 0.205 e. The van der Waals surface area contributed by atoms with E-state index in [-0.39, 0.29) is 12.4 Å². The summed E-state index contributed by atoms with van der Waals surface area (Å²) in [5, 5.41) is 0. The molecule has 17 heavy (non-hydrogen) atoms. The maximum absolute atomic E-state index is 5.81. The van der Waals surface area contributed by atoms with Crippen LogP contribution in [0.5, 0.6) is 5.75 Å². The molecular weight excluding hydrogens is 261 g/mol. The van der Waals surface area contributed by atoms with Crippen molar-refractivity contribution >= 4 is 24.0 Å².